The molecule has 0 radical (unpaired) electrons. The number of hydrogen-bond acceptors (Lipinski definition) is 0. The third-order valence-electron chi connectivity index (χ3n) is 5.23. The molecule has 1 aromatic rings. The van der Waals surface area contributed by atoms with Crippen LogP contribution in [0.2, 0.25) is 0 Å². The second-order valence-electron chi connectivity index (χ2n) is 7.86. The van der Waals surface area contributed by atoms with Crippen molar-refractivity contribution in [3.8, 4) is 0 Å². The number of rotatable bonds is 6. The molecule has 1 aliphatic carbocycles. The molecule has 0 nitrogen and oxygen atoms in total. The fourth-order valence-electron chi connectivity index (χ4n) is 3.40. The lowest BCUT2D eigenvalue weighted by Crippen LogP contribution is -2.18. The van der Waals surface area contributed by atoms with Gasteiger partial charge in [-0.25, -0.2) is 0 Å². The van der Waals surface area contributed by atoms with Crippen LogP contribution in [0.15, 0.2) is 77.9 Å². The maximum atomic E-state index is 2.39. The molecule has 0 N–H and O–H groups in total. The molecule has 0 atom stereocenters. The molecular weight excluding hydrogens is 288 g/mol. The van der Waals surface area contributed by atoms with Crippen molar-refractivity contribution in [1.29, 1.82) is 0 Å². The molecule has 0 spiro atoms. The molecule has 0 heterocycles. The van der Waals surface area contributed by atoms with Crippen LogP contribution in [0.5, 0.6) is 0 Å². The van der Waals surface area contributed by atoms with Gasteiger partial charge in [0.05, 0.1) is 0 Å². The molecule has 1 aromatic carbocycles. The second kappa shape index (κ2) is 7.83. The van der Waals surface area contributed by atoms with Crippen LogP contribution >= 0.6 is 0 Å². The van der Waals surface area contributed by atoms with E-state index in [1.807, 2.05) is 0 Å². The maximum absolute atomic E-state index is 2.39. The third kappa shape index (κ3) is 4.38. The summed E-state index contributed by atoms with van der Waals surface area (Å²) < 4.78 is 0. The predicted molar refractivity (Wildman–Crippen MR) is 107 cm³/mol. The molecule has 128 valence electrons. The lowest BCUT2D eigenvalue weighted by Gasteiger charge is -2.30. The Labute approximate surface area is 148 Å². The number of allylic oxidation sites excluding steroid dienone is 8. The highest BCUT2D eigenvalue weighted by Gasteiger charge is 2.25. The van der Waals surface area contributed by atoms with Crippen molar-refractivity contribution >= 4 is 0 Å². The zero-order chi connectivity index (χ0) is 17.6. The van der Waals surface area contributed by atoms with Crippen LogP contribution in [0.1, 0.15) is 59.4 Å². The first kappa shape index (κ1) is 18.5. The van der Waals surface area contributed by atoms with Crippen molar-refractivity contribution in [1.82, 2.24) is 0 Å². The molecule has 0 saturated heterocycles. The summed E-state index contributed by atoms with van der Waals surface area (Å²) in [7, 11) is 0. The average Bonchev–Trinajstić information content (AvgIpc) is 2.60. The molecule has 0 fully saturated rings. The van der Waals surface area contributed by atoms with Crippen molar-refractivity contribution < 1.29 is 0 Å². The van der Waals surface area contributed by atoms with Crippen molar-refractivity contribution in [2.24, 2.45) is 5.41 Å². The van der Waals surface area contributed by atoms with Gasteiger partial charge in [-0.05, 0) is 48.3 Å². The standard InChI is InChI=1S/C24H32/c1-6-20(24(4,5)22-16-11-8-12-17-22)18-13-19-23(2,3)21-14-9-7-10-15-21/h6-7,9-11,13-18H,8,12,19H2,1-5H3/b18-13-,20-6+. The Balaban J connectivity index is 2.11. The Morgan fingerprint density at radius 1 is 1.04 bits per heavy atom. The summed E-state index contributed by atoms with van der Waals surface area (Å²) in [6.45, 7) is 11.4. The zero-order valence-corrected chi connectivity index (χ0v) is 16.0. The molecular formula is C24H32. The minimum atomic E-state index is 0.0685. The van der Waals surface area contributed by atoms with Gasteiger partial charge in [-0.3, -0.25) is 0 Å². The van der Waals surface area contributed by atoms with E-state index in [0.717, 1.165) is 12.8 Å². The molecule has 24 heavy (non-hydrogen) atoms. The average molecular weight is 321 g/mol. The highest BCUT2D eigenvalue weighted by atomic mass is 14.3. The Hall–Kier alpha value is -1.82. The minimum Gasteiger partial charge on any atom is -0.0839 e. The summed E-state index contributed by atoms with van der Waals surface area (Å²) in [6, 6.07) is 10.8. The molecule has 0 unspecified atom stereocenters. The van der Waals surface area contributed by atoms with E-state index in [2.05, 4.69) is 101 Å². The summed E-state index contributed by atoms with van der Waals surface area (Å²) in [6.07, 6.45) is 17.3. The topological polar surface area (TPSA) is 0 Å². The lowest BCUT2D eigenvalue weighted by atomic mass is 9.74. The van der Waals surface area contributed by atoms with Crippen LogP contribution in [0.3, 0.4) is 0 Å². The quantitative estimate of drug-likeness (QED) is 0.488. The zero-order valence-electron chi connectivity index (χ0n) is 16.0. The van der Waals surface area contributed by atoms with E-state index in [1.165, 1.54) is 23.1 Å². The van der Waals surface area contributed by atoms with E-state index >= 15 is 0 Å². The van der Waals surface area contributed by atoms with Crippen LogP contribution in [-0.4, -0.2) is 0 Å². The van der Waals surface area contributed by atoms with Gasteiger partial charge in [0.25, 0.3) is 0 Å². The molecule has 0 aliphatic heterocycles. The van der Waals surface area contributed by atoms with Gasteiger partial charge in [-0.15, -0.1) is 0 Å². The maximum Gasteiger partial charge on any atom is 0.0139 e. The summed E-state index contributed by atoms with van der Waals surface area (Å²) in [5.74, 6) is 0. The van der Waals surface area contributed by atoms with E-state index in [1.54, 1.807) is 0 Å². The minimum absolute atomic E-state index is 0.0685. The van der Waals surface area contributed by atoms with Crippen LogP contribution in [0.25, 0.3) is 0 Å². The highest BCUT2D eigenvalue weighted by Crippen LogP contribution is 2.38. The lowest BCUT2D eigenvalue weighted by molar-refractivity contribution is 0.530. The smallest absolute Gasteiger partial charge is 0.0139 e. The van der Waals surface area contributed by atoms with Crippen molar-refractivity contribution in [3.63, 3.8) is 0 Å². The summed E-state index contributed by atoms with van der Waals surface area (Å²) >= 11 is 0. The van der Waals surface area contributed by atoms with Crippen molar-refractivity contribution in [3.05, 3.63) is 83.5 Å². The molecule has 0 bridgehead atoms. The van der Waals surface area contributed by atoms with Gasteiger partial charge >= 0.3 is 0 Å². The normalized spacial score (nSPS) is 16.5. The van der Waals surface area contributed by atoms with Gasteiger partial charge in [-0.1, -0.05) is 94.5 Å². The van der Waals surface area contributed by atoms with Crippen LogP contribution in [-0.2, 0) is 5.41 Å². The number of benzene rings is 1. The molecule has 0 amide bonds. The van der Waals surface area contributed by atoms with Gasteiger partial charge in [0.2, 0.25) is 0 Å². The molecule has 0 aromatic heterocycles. The third-order valence-corrected chi connectivity index (χ3v) is 5.23. The van der Waals surface area contributed by atoms with Gasteiger partial charge in [0.1, 0.15) is 0 Å². The predicted octanol–water partition coefficient (Wildman–Crippen LogP) is 7.16. The molecule has 1 aliphatic rings. The summed E-state index contributed by atoms with van der Waals surface area (Å²) in [5.41, 5.74) is 4.45. The Bertz CT molecular complexity index is 649. The van der Waals surface area contributed by atoms with E-state index in [0.29, 0.717) is 0 Å². The Kier molecular flexibility index (Phi) is 6.04. The second-order valence-corrected chi connectivity index (χ2v) is 7.86. The molecule has 0 saturated carbocycles. The highest BCUT2D eigenvalue weighted by molar-refractivity contribution is 5.41. The monoisotopic (exact) mass is 320 g/mol. The first-order valence-corrected chi connectivity index (χ1v) is 9.14. The van der Waals surface area contributed by atoms with Crippen LogP contribution < -0.4 is 0 Å². The van der Waals surface area contributed by atoms with Crippen LogP contribution in [0.4, 0.5) is 0 Å². The Morgan fingerprint density at radius 3 is 2.33 bits per heavy atom. The van der Waals surface area contributed by atoms with E-state index in [9.17, 15) is 0 Å². The summed E-state index contributed by atoms with van der Waals surface area (Å²) in [5, 5.41) is 0. The van der Waals surface area contributed by atoms with E-state index in [-0.39, 0.29) is 10.8 Å². The molecule has 0 heteroatoms. The van der Waals surface area contributed by atoms with Gasteiger partial charge in [-0.2, -0.15) is 0 Å². The first-order valence-electron chi connectivity index (χ1n) is 9.14. The Morgan fingerprint density at radius 2 is 1.75 bits per heavy atom. The summed E-state index contributed by atoms with van der Waals surface area (Å²) in [4.78, 5) is 0. The molecule has 2 rings (SSSR count). The fourth-order valence-corrected chi connectivity index (χ4v) is 3.40. The SMILES string of the molecule is C/C=C(\C=C/CC(C)(C)c1ccccc1)C(C)(C)C1=CCCC=C1. The van der Waals surface area contributed by atoms with Gasteiger partial charge < -0.3 is 0 Å². The first-order chi connectivity index (χ1) is 11.4. The number of hydrogen-bond donors (Lipinski definition) is 0. The van der Waals surface area contributed by atoms with Gasteiger partial charge in [0.15, 0.2) is 0 Å². The van der Waals surface area contributed by atoms with E-state index < -0.39 is 0 Å². The van der Waals surface area contributed by atoms with E-state index in [4.69, 9.17) is 0 Å². The largest absolute Gasteiger partial charge is 0.0839 e. The fraction of sp³-hybridized carbons (Fsp3) is 0.417. The van der Waals surface area contributed by atoms with Gasteiger partial charge in [0, 0.05) is 5.41 Å². The van der Waals surface area contributed by atoms with Crippen molar-refractivity contribution in [2.45, 2.75) is 59.3 Å². The van der Waals surface area contributed by atoms with Crippen LogP contribution in [0, 0.1) is 5.41 Å². The van der Waals surface area contributed by atoms with Crippen molar-refractivity contribution in [2.75, 3.05) is 0 Å².